The number of nitrogens with one attached hydrogen (secondary N) is 1. The predicted molar refractivity (Wildman–Crippen MR) is 65.2 cm³/mol. The van der Waals surface area contributed by atoms with Crippen molar-refractivity contribution in [2.45, 2.75) is 39.7 Å². The van der Waals surface area contributed by atoms with Crippen LogP contribution < -0.4 is 5.73 Å². The quantitative estimate of drug-likeness (QED) is 0.588. The first-order valence-corrected chi connectivity index (χ1v) is 5.84. The number of nitrogens with two attached hydrogens (primary N) is 1. The first-order valence-electron chi connectivity index (χ1n) is 5.84. The Bertz CT molecular complexity index is 408. The van der Waals surface area contributed by atoms with Gasteiger partial charge < -0.3 is 15.9 Å². The van der Waals surface area contributed by atoms with Crippen molar-refractivity contribution in [3.63, 3.8) is 0 Å². The molecule has 0 aliphatic rings. The van der Waals surface area contributed by atoms with Crippen molar-refractivity contribution < 1.29 is 15.0 Å². The second kappa shape index (κ2) is 5.23. The normalized spacial score (nSPS) is 13.0. The van der Waals surface area contributed by atoms with E-state index in [-0.39, 0.29) is 29.0 Å². The van der Waals surface area contributed by atoms with E-state index in [0.29, 0.717) is 5.56 Å². The van der Waals surface area contributed by atoms with Gasteiger partial charge in [0.25, 0.3) is 0 Å². The molecule has 96 valence electrons. The predicted octanol–water partition coefficient (Wildman–Crippen LogP) is 1.68. The zero-order valence-electron chi connectivity index (χ0n) is 10.4. The van der Waals surface area contributed by atoms with Crippen molar-refractivity contribution >= 4 is 5.78 Å². The van der Waals surface area contributed by atoms with Gasteiger partial charge in [-0.25, -0.2) is 0 Å². The van der Waals surface area contributed by atoms with E-state index in [9.17, 15) is 15.0 Å². The summed E-state index contributed by atoms with van der Waals surface area (Å²) in [6, 6.07) is -0.648. The number of aromatic nitrogens is 1. The summed E-state index contributed by atoms with van der Waals surface area (Å²) in [5.74, 6) is -0.752. The second-order valence-electron chi connectivity index (χ2n) is 4.29. The van der Waals surface area contributed by atoms with Crippen molar-refractivity contribution in [1.82, 2.24) is 4.98 Å². The molecular weight excluding hydrogens is 220 g/mol. The van der Waals surface area contributed by atoms with E-state index >= 15 is 0 Å². The monoisotopic (exact) mass is 240 g/mol. The van der Waals surface area contributed by atoms with Crippen LogP contribution in [-0.2, 0) is 0 Å². The van der Waals surface area contributed by atoms with Crippen LogP contribution >= 0.6 is 0 Å². The minimum atomic E-state index is -0.648. The topological polar surface area (TPSA) is 99.3 Å². The van der Waals surface area contributed by atoms with E-state index < -0.39 is 6.04 Å². The zero-order valence-corrected chi connectivity index (χ0v) is 10.4. The van der Waals surface area contributed by atoms with Crippen molar-refractivity contribution in [3.8, 4) is 11.8 Å². The third-order valence-electron chi connectivity index (χ3n) is 3.31. The second-order valence-corrected chi connectivity index (χ2v) is 4.29. The molecule has 0 bridgehead atoms. The van der Waals surface area contributed by atoms with Gasteiger partial charge in [-0.2, -0.15) is 0 Å². The van der Waals surface area contributed by atoms with Gasteiger partial charge in [-0.1, -0.05) is 26.7 Å². The number of carbonyl (C=O) groups excluding carboxylic acids is 1. The van der Waals surface area contributed by atoms with Crippen LogP contribution in [0.1, 0.15) is 42.6 Å². The van der Waals surface area contributed by atoms with E-state index in [2.05, 4.69) is 4.98 Å². The first kappa shape index (κ1) is 13.6. The van der Waals surface area contributed by atoms with Gasteiger partial charge in [0.2, 0.25) is 5.88 Å². The Morgan fingerprint density at radius 1 is 1.29 bits per heavy atom. The highest BCUT2D eigenvalue weighted by Crippen LogP contribution is 2.30. The van der Waals surface area contributed by atoms with E-state index in [1.165, 1.54) is 0 Å². The molecule has 0 fully saturated rings. The lowest BCUT2D eigenvalue weighted by molar-refractivity contribution is 0.0925. The molecule has 1 atom stereocenters. The van der Waals surface area contributed by atoms with Crippen LogP contribution in [0.25, 0.3) is 0 Å². The summed E-state index contributed by atoms with van der Waals surface area (Å²) < 4.78 is 0. The maximum Gasteiger partial charge on any atom is 0.202 e. The molecule has 1 heterocycles. The molecule has 0 amide bonds. The van der Waals surface area contributed by atoms with E-state index in [0.717, 1.165) is 12.8 Å². The molecule has 1 unspecified atom stereocenters. The fourth-order valence-corrected chi connectivity index (χ4v) is 2.04. The third-order valence-corrected chi connectivity index (χ3v) is 3.31. The van der Waals surface area contributed by atoms with Gasteiger partial charge in [0.1, 0.15) is 0 Å². The number of ketones is 1. The fraction of sp³-hybridized carbons (Fsp3) is 0.583. The number of rotatable bonds is 5. The Hall–Kier alpha value is -1.49. The molecule has 1 rings (SSSR count). The molecule has 0 aliphatic heterocycles. The molecule has 0 spiro atoms. The molecule has 0 radical (unpaired) electrons. The summed E-state index contributed by atoms with van der Waals surface area (Å²) in [5, 5.41) is 19.0. The average molecular weight is 240 g/mol. The molecule has 0 saturated carbocycles. The number of H-pyrrole nitrogens is 1. The molecule has 5 heteroatoms. The standard InChI is InChI=1S/C12H20N2O3/c1-4-7(5-2)9(13)10(15)8-6(3)11(16)14-12(8)17/h7,9,14,16-17H,4-5,13H2,1-3H3. The first-order chi connectivity index (χ1) is 7.93. The van der Waals surface area contributed by atoms with Gasteiger partial charge >= 0.3 is 0 Å². The number of aromatic amines is 1. The molecule has 0 aliphatic carbocycles. The Morgan fingerprint density at radius 3 is 2.18 bits per heavy atom. The van der Waals surface area contributed by atoms with E-state index in [1.807, 2.05) is 13.8 Å². The summed E-state index contributed by atoms with van der Waals surface area (Å²) in [5.41, 5.74) is 6.35. The Kier molecular flexibility index (Phi) is 4.17. The lowest BCUT2D eigenvalue weighted by Gasteiger charge is -2.19. The maximum absolute atomic E-state index is 12.1. The smallest absolute Gasteiger partial charge is 0.202 e. The fourth-order valence-electron chi connectivity index (χ4n) is 2.04. The Balaban J connectivity index is 3.04. The average Bonchev–Trinajstić information content (AvgIpc) is 2.54. The summed E-state index contributed by atoms with van der Waals surface area (Å²) in [4.78, 5) is 14.5. The van der Waals surface area contributed by atoms with Crippen LogP contribution in [0.4, 0.5) is 0 Å². The van der Waals surface area contributed by atoms with Gasteiger partial charge in [0.05, 0.1) is 11.6 Å². The lowest BCUT2D eigenvalue weighted by atomic mass is 9.89. The summed E-state index contributed by atoms with van der Waals surface area (Å²) in [7, 11) is 0. The SMILES string of the molecule is CCC(CC)C(N)C(=O)c1c(O)[nH]c(O)c1C. The van der Waals surface area contributed by atoms with Gasteiger partial charge in [0, 0.05) is 5.56 Å². The highest BCUT2D eigenvalue weighted by molar-refractivity contribution is 6.03. The van der Waals surface area contributed by atoms with Crippen LogP contribution in [0.3, 0.4) is 0 Å². The van der Waals surface area contributed by atoms with Crippen molar-refractivity contribution in [3.05, 3.63) is 11.1 Å². The molecule has 5 nitrogen and oxygen atoms in total. The number of hydrogen-bond acceptors (Lipinski definition) is 4. The minimum absolute atomic E-state index is 0.0818. The van der Waals surface area contributed by atoms with Crippen LogP contribution in [0, 0.1) is 12.8 Å². The number of hydrogen-bond donors (Lipinski definition) is 4. The van der Waals surface area contributed by atoms with Gasteiger partial charge in [0.15, 0.2) is 11.7 Å². The molecule has 1 aromatic rings. The van der Waals surface area contributed by atoms with Crippen LogP contribution in [0.5, 0.6) is 11.8 Å². The van der Waals surface area contributed by atoms with Crippen LogP contribution in [0.2, 0.25) is 0 Å². The molecule has 1 aromatic heterocycles. The highest BCUT2D eigenvalue weighted by atomic mass is 16.3. The van der Waals surface area contributed by atoms with Gasteiger partial charge in [-0.3, -0.25) is 9.78 Å². The Labute approximate surface area is 101 Å². The summed E-state index contributed by atoms with van der Waals surface area (Å²) >= 11 is 0. The Morgan fingerprint density at radius 2 is 1.82 bits per heavy atom. The van der Waals surface area contributed by atoms with Gasteiger partial charge in [-0.05, 0) is 12.8 Å². The maximum atomic E-state index is 12.1. The van der Waals surface area contributed by atoms with E-state index in [4.69, 9.17) is 5.73 Å². The van der Waals surface area contributed by atoms with E-state index in [1.54, 1.807) is 6.92 Å². The molecule has 0 aromatic carbocycles. The minimum Gasteiger partial charge on any atom is -0.494 e. The van der Waals surface area contributed by atoms with Gasteiger partial charge in [-0.15, -0.1) is 0 Å². The lowest BCUT2D eigenvalue weighted by Crippen LogP contribution is -2.37. The third kappa shape index (κ3) is 2.44. The molecular formula is C12H20N2O3. The van der Waals surface area contributed by atoms with Crippen molar-refractivity contribution in [2.24, 2.45) is 11.7 Å². The summed E-state index contributed by atoms with van der Waals surface area (Å²) in [6.45, 7) is 5.52. The number of aromatic hydroxyl groups is 2. The molecule has 5 N–H and O–H groups in total. The highest BCUT2D eigenvalue weighted by Gasteiger charge is 2.28. The van der Waals surface area contributed by atoms with Crippen LogP contribution in [0.15, 0.2) is 0 Å². The van der Waals surface area contributed by atoms with Crippen molar-refractivity contribution in [2.75, 3.05) is 0 Å². The number of carbonyl (C=O) groups is 1. The zero-order chi connectivity index (χ0) is 13.2. The molecule has 0 saturated heterocycles. The summed E-state index contributed by atoms with van der Waals surface area (Å²) in [6.07, 6.45) is 1.61. The van der Waals surface area contributed by atoms with Crippen LogP contribution in [-0.4, -0.2) is 27.0 Å². The molecule has 17 heavy (non-hydrogen) atoms. The largest absolute Gasteiger partial charge is 0.494 e. The number of Topliss-reactive ketones (excluding diaryl/α,β-unsaturated/α-hetero) is 1. The van der Waals surface area contributed by atoms with Crippen molar-refractivity contribution in [1.29, 1.82) is 0 Å².